The minimum absolute atomic E-state index is 0.962. The van der Waals surface area contributed by atoms with Gasteiger partial charge in [0.25, 0.3) is 0 Å². The lowest BCUT2D eigenvalue weighted by atomic mass is 10.6. The van der Waals surface area contributed by atoms with Crippen LogP contribution in [0.25, 0.3) is 0 Å². The molecular formula is C7H19NS4. The molecule has 1 nitrogen and oxygen atoms in total. The van der Waals surface area contributed by atoms with Crippen molar-refractivity contribution in [3.63, 3.8) is 0 Å². The van der Waals surface area contributed by atoms with Gasteiger partial charge in [-0.2, -0.15) is 25.3 Å². The van der Waals surface area contributed by atoms with E-state index in [0.717, 1.165) is 17.9 Å². The van der Waals surface area contributed by atoms with E-state index in [2.05, 4.69) is 31.0 Å². The summed E-state index contributed by atoms with van der Waals surface area (Å²) >= 11 is 7.90. The Morgan fingerprint density at radius 2 is 1.50 bits per heavy atom. The lowest BCUT2D eigenvalue weighted by molar-refractivity contribution is 1.14. The highest BCUT2D eigenvalue weighted by molar-refractivity contribution is 8.77. The smallest absolute Gasteiger partial charge is 0.00450 e. The average Bonchev–Trinajstić information content (AvgIpc) is 2.67. The molecule has 0 bridgehead atoms. The fourth-order valence-electron chi connectivity index (χ4n) is 0.365. The average molecular weight is 246 g/mol. The van der Waals surface area contributed by atoms with Gasteiger partial charge in [0.05, 0.1) is 0 Å². The lowest BCUT2D eigenvalue weighted by Crippen LogP contribution is -1.71. The zero-order chi connectivity index (χ0) is 9.66. The van der Waals surface area contributed by atoms with E-state index in [-0.39, 0.29) is 0 Å². The highest BCUT2D eigenvalue weighted by Gasteiger charge is 1.96. The second kappa shape index (κ2) is 18.2. The molecule has 1 fully saturated rings. The number of nitrogens with two attached hydrogens (primary N) is 1. The maximum atomic E-state index is 4.50. The van der Waals surface area contributed by atoms with Crippen molar-refractivity contribution in [2.24, 2.45) is 5.73 Å². The first kappa shape index (κ1) is 15.8. The summed E-state index contributed by atoms with van der Waals surface area (Å²) in [6.07, 6.45) is 2.54. The molecular weight excluding hydrogens is 226 g/mol. The molecule has 1 rings (SSSR count). The van der Waals surface area contributed by atoms with Gasteiger partial charge in [0.15, 0.2) is 0 Å². The summed E-state index contributed by atoms with van der Waals surface area (Å²) in [5.41, 5.74) is 4.50. The fourth-order valence-corrected chi connectivity index (χ4v) is 3.29. The maximum absolute atomic E-state index is 4.50. The molecule has 0 radical (unpaired) electrons. The summed E-state index contributed by atoms with van der Waals surface area (Å²) in [4.78, 5) is 0. The largest absolute Gasteiger partial charge is 0.333 e. The molecule has 1 saturated heterocycles. The number of hydrogen-bond donors (Lipinski definition) is 3. The molecule has 0 atom stereocenters. The highest BCUT2D eigenvalue weighted by Crippen LogP contribution is 2.29. The second-order valence-electron chi connectivity index (χ2n) is 1.80. The van der Waals surface area contributed by atoms with Crippen LogP contribution in [0.3, 0.4) is 0 Å². The van der Waals surface area contributed by atoms with Crippen molar-refractivity contribution in [1.82, 2.24) is 0 Å². The van der Waals surface area contributed by atoms with Crippen LogP contribution < -0.4 is 5.73 Å². The Hall–Kier alpha value is 1.36. The van der Waals surface area contributed by atoms with Crippen LogP contribution in [-0.4, -0.2) is 30.1 Å². The van der Waals surface area contributed by atoms with Crippen molar-refractivity contribution >= 4 is 46.8 Å². The summed E-state index contributed by atoms with van der Waals surface area (Å²) in [5.74, 6) is 4.68. The molecule has 0 aromatic heterocycles. The number of thiol groups is 2. The van der Waals surface area contributed by atoms with E-state index in [1.807, 2.05) is 21.6 Å². The summed E-state index contributed by atoms with van der Waals surface area (Å²) in [6.45, 7) is 0. The quantitative estimate of drug-likeness (QED) is 0.515. The monoisotopic (exact) mass is 245 g/mol. The van der Waals surface area contributed by atoms with Gasteiger partial charge in [0, 0.05) is 11.5 Å². The molecule has 12 heavy (non-hydrogen) atoms. The van der Waals surface area contributed by atoms with Gasteiger partial charge in [-0.1, -0.05) is 21.6 Å². The summed E-state index contributed by atoms with van der Waals surface area (Å²) in [5, 5.41) is 0. The number of rotatable bonds is 2. The van der Waals surface area contributed by atoms with Crippen LogP contribution in [-0.2, 0) is 0 Å². The van der Waals surface area contributed by atoms with Gasteiger partial charge in [-0.15, -0.1) is 0 Å². The molecule has 0 amide bonds. The van der Waals surface area contributed by atoms with Crippen LogP contribution >= 0.6 is 46.8 Å². The third-order valence-corrected chi connectivity index (χ3v) is 4.06. The summed E-state index contributed by atoms with van der Waals surface area (Å²) < 4.78 is 0. The minimum Gasteiger partial charge on any atom is -0.333 e. The maximum Gasteiger partial charge on any atom is 0.00450 e. The Morgan fingerprint density at radius 1 is 1.08 bits per heavy atom. The third-order valence-electron chi connectivity index (χ3n) is 0.855. The van der Waals surface area contributed by atoms with E-state index in [4.69, 9.17) is 0 Å². The Bertz CT molecular complexity index is 49.8. The SMILES string of the molecule is C1CSSC1.CN.SCCCS. The summed E-state index contributed by atoms with van der Waals surface area (Å²) in [7, 11) is 5.48. The van der Waals surface area contributed by atoms with Crippen molar-refractivity contribution < 1.29 is 0 Å². The van der Waals surface area contributed by atoms with Gasteiger partial charge in [-0.25, -0.2) is 0 Å². The molecule has 0 aromatic carbocycles. The van der Waals surface area contributed by atoms with Crippen molar-refractivity contribution in [3.8, 4) is 0 Å². The van der Waals surface area contributed by atoms with Crippen molar-refractivity contribution in [2.75, 3.05) is 30.1 Å². The molecule has 0 saturated carbocycles. The molecule has 2 N–H and O–H groups in total. The van der Waals surface area contributed by atoms with Crippen molar-refractivity contribution in [1.29, 1.82) is 0 Å². The minimum atomic E-state index is 0.962. The molecule has 1 aliphatic rings. The molecule has 1 aliphatic heterocycles. The van der Waals surface area contributed by atoms with E-state index in [9.17, 15) is 0 Å². The summed E-state index contributed by atoms with van der Waals surface area (Å²) in [6, 6.07) is 0. The molecule has 5 heteroatoms. The predicted octanol–water partition coefficient (Wildman–Crippen LogP) is 2.58. The van der Waals surface area contributed by atoms with Crippen LogP contribution in [0, 0.1) is 0 Å². The van der Waals surface area contributed by atoms with Crippen LogP contribution in [0.15, 0.2) is 0 Å². The normalized spacial score (nSPS) is 14.0. The Balaban J connectivity index is 0. The third kappa shape index (κ3) is 17.4. The van der Waals surface area contributed by atoms with Crippen molar-refractivity contribution in [2.45, 2.75) is 12.8 Å². The first-order valence-electron chi connectivity index (χ1n) is 3.95. The standard InChI is InChI=1S/C3H6S2.C3H8S2.CH5N/c1-2-4-5-3-1;4-2-1-3-5;1-2/h1-3H2;4-5H,1-3H2;2H2,1H3. The van der Waals surface area contributed by atoms with E-state index in [0.29, 0.717) is 0 Å². The van der Waals surface area contributed by atoms with Gasteiger partial charge in [0.1, 0.15) is 0 Å². The van der Waals surface area contributed by atoms with Crippen molar-refractivity contribution in [3.05, 3.63) is 0 Å². The second-order valence-corrected chi connectivity index (χ2v) is 5.39. The predicted molar refractivity (Wildman–Crippen MR) is 72.0 cm³/mol. The Kier molecular flexibility index (Phi) is 24.0. The van der Waals surface area contributed by atoms with Gasteiger partial charge in [-0.05, 0) is 31.4 Å². The fraction of sp³-hybridized carbons (Fsp3) is 1.00. The highest BCUT2D eigenvalue weighted by atomic mass is 33.1. The zero-order valence-electron chi connectivity index (χ0n) is 7.53. The number of hydrogen-bond acceptors (Lipinski definition) is 5. The Morgan fingerprint density at radius 3 is 1.58 bits per heavy atom. The van der Waals surface area contributed by atoms with Crippen LogP contribution in [0.1, 0.15) is 12.8 Å². The molecule has 0 unspecified atom stereocenters. The zero-order valence-corrected chi connectivity index (χ0v) is 11.0. The Labute approximate surface area is 95.2 Å². The first-order chi connectivity index (χ1) is 5.91. The van der Waals surface area contributed by atoms with Crippen LogP contribution in [0.5, 0.6) is 0 Å². The van der Waals surface area contributed by atoms with Gasteiger partial charge in [-0.3, -0.25) is 0 Å². The molecule has 0 aliphatic carbocycles. The van der Waals surface area contributed by atoms with Gasteiger partial charge >= 0.3 is 0 Å². The lowest BCUT2D eigenvalue weighted by Gasteiger charge is -1.78. The molecule has 76 valence electrons. The van der Waals surface area contributed by atoms with Gasteiger partial charge in [0.2, 0.25) is 0 Å². The molecule has 0 spiro atoms. The molecule has 0 aromatic rings. The van der Waals surface area contributed by atoms with Crippen LogP contribution in [0.2, 0.25) is 0 Å². The van der Waals surface area contributed by atoms with Gasteiger partial charge < -0.3 is 5.73 Å². The first-order valence-corrected chi connectivity index (χ1v) is 7.71. The van der Waals surface area contributed by atoms with E-state index < -0.39 is 0 Å². The topological polar surface area (TPSA) is 26.0 Å². The van der Waals surface area contributed by atoms with E-state index in [1.165, 1.54) is 25.0 Å². The molecule has 1 heterocycles. The van der Waals surface area contributed by atoms with E-state index in [1.54, 1.807) is 0 Å². The van der Waals surface area contributed by atoms with E-state index >= 15 is 0 Å². The van der Waals surface area contributed by atoms with Crippen LogP contribution in [0.4, 0.5) is 0 Å².